The second-order valence-electron chi connectivity index (χ2n) is 4.80. The third kappa shape index (κ3) is 2.92. The van der Waals surface area contributed by atoms with Crippen LogP contribution < -0.4 is 5.56 Å². The standard InChI is InChI=1S/C17H14BrNOS/c1-19-15-8-4-2-6-13(15)12(10-17(19)20)11-21-16-9-5-3-7-14(16)18/h2-10H,11H2,1H3. The van der Waals surface area contributed by atoms with Gasteiger partial charge in [0, 0.05) is 33.6 Å². The van der Waals surface area contributed by atoms with E-state index >= 15 is 0 Å². The summed E-state index contributed by atoms with van der Waals surface area (Å²) in [5, 5.41) is 1.14. The molecule has 0 aliphatic rings. The van der Waals surface area contributed by atoms with E-state index < -0.39 is 0 Å². The predicted molar refractivity (Wildman–Crippen MR) is 92.9 cm³/mol. The molecule has 2 nitrogen and oxygen atoms in total. The number of hydrogen-bond donors (Lipinski definition) is 0. The molecule has 0 aliphatic carbocycles. The maximum atomic E-state index is 12.1. The van der Waals surface area contributed by atoms with Gasteiger partial charge >= 0.3 is 0 Å². The molecule has 0 saturated carbocycles. The number of aromatic nitrogens is 1. The lowest BCUT2D eigenvalue weighted by Crippen LogP contribution is -2.16. The molecule has 2 aromatic carbocycles. The molecule has 0 unspecified atom stereocenters. The fourth-order valence-corrected chi connectivity index (χ4v) is 3.88. The summed E-state index contributed by atoms with van der Waals surface area (Å²) in [6.07, 6.45) is 0. The molecule has 3 aromatic rings. The zero-order valence-electron chi connectivity index (χ0n) is 11.5. The summed E-state index contributed by atoms with van der Waals surface area (Å²) in [5.41, 5.74) is 2.10. The first-order chi connectivity index (χ1) is 10.2. The van der Waals surface area contributed by atoms with E-state index in [0.717, 1.165) is 26.7 Å². The van der Waals surface area contributed by atoms with Crippen molar-refractivity contribution in [3.63, 3.8) is 0 Å². The summed E-state index contributed by atoms with van der Waals surface area (Å²) < 4.78 is 2.78. The molecule has 1 aromatic heterocycles. The third-order valence-corrected chi connectivity index (χ3v) is 5.54. The summed E-state index contributed by atoms with van der Waals surface area (Å²) in [6.45, 7) is 0. The Morgan fingerprint density at radius 2 is 1.81 bits per heavy atom. The number of pyridine rings is 1. The average molecular weight is 360 g/mol. The third-order valence-electron chi connectivity index (χ3n) is 3.46. The van der Waals surface area contributed by atoms with Crippen LogP contribution in [0, 0.1) is 0 Å². The second-order valence-corrected chi connectivity index (χ2v) is 6.67. The number of hydrogen-bond acceptors (Lipinski definition) is 2. The Morgan fingerprint density at radius 1 is 1.10 bits per heavy atom. The lowest BCUT2D eigenvalue weighted by molar-refractivity contribution is 0.902. The highest BCUT2D eigenvalue weighted by Crippen LogP contribution is 2.31. The van der Waals surface area contributed by atoms with Gasteiger partial charge in [0.25, 0.3) is 5.56 Å². The molecular weight excluding hydrogens is 346 g/mol. The summed E-state index contributed by atoms with van der Waals surface area (Å²) in [4.78, 5) is 13.3. The van der Waals surface area contributed by atoms with Crippen LogP contribution in [0.1, 0.15) is 5.56 Å². The summed E-state index contributed by atoms with van der Waals surface area (Å²) >= 11 is 5.29. The van der Waals surface area contributed by atoms with E-state index in [4.69, 9.17) is 0 Å². The molecule has 0 N–H and O–H groups in total. The largest absolute Gasteiger partial charge is 0.311 e. The fourth-order valence-electron chi connectivity index (χ4n) is 2.32. The zero-order valence-corrected chi connectivity index (χ0v) is 13.9. The molecule has 0 fully saturated rings. The SMILES string of the molecule is Cn1c(=O)cc(CSc2ccccc2Br)c2ccccc21. The highest BCUT2D eigenvalue weighted by Gasteiger charge is 2.07. The molecule has 106 valence electrons. The van der Waals surface area contributed by atoms with Gasteiger partial charge in [-0.2, -0.15) is 0 Å². The number of halogens is 1. The Hall–Kier alpha value is -1.52. The number of thioether (sulfide) groups is 1. The van der Waals surface area contributed by atoms with E-state index in [2.05, 4.69) is 28.1 Å². The van der Waals surface area contributed by atoms with E-state index in [9.17, 15) is 4.79 Å². The molecule has 0 spiro atoms. The topological polar surface area (TPSA) is 22.0 Å². The number of aryl methyl sites for hydroxylation is 1. The number of benzene rings is 2. The van der Waals surface area contributed by atoms with Crippen LogP contribution in [0.15, 0.2) is 68.8 Å². The van der Waals surface area contributed by atoms with E-state index in [1.807, 2.05) is 43.4 Å². The van der Waals surface area contributed by atoms with Gasteiger partial charge in [-0.25, -0.2) is 0 Å². The fraction of sp³-hybridized carbons (Fsp3) is 0.118. The van der Waals surface area contributed by atoms with Gasteiger partial charge in [-0.3, -0.25) is 4.79 Å². The molecule has 21 heavy (non-hydrogen) atoms. The van der Waals surface area contributed by atoms with Crippen LogP contribution in [0.5, 0.6) is 0 Å². The molecule has 0 atom stereocenters. The molecule has 3 rings (SSSR count). The van der Waals surface area contributed by atoms with Crippen molar-refractivity contribution in [1.82, 2.24) is 4.57 Å². The lowest BCUT2D eigenvalue weighted by atomic mass is 10.1. The normalized spacial score (nSPS) is 11.0. The Morgan fingerprint density at radius 3 is 2.62 bits per heavy atom. The van der Waals surface area contributed by atoms with Gasteiger partial charge in [-0.05, 0) is 39.7 Å². The zero-order chi connectivity index (χ0) is 14.8. The minimum Gasteiger partial charge on any atom is -0.311 e. The number of para-hydroxylation sites is 1. The maximum Gasteiger partial charge on any atom is 0.251 e. The van der Waals surface area contributed by atoms with Crippen LogP contribution in [0.4, 0.5) is 0 Å². The van der Waals surface area contributed by atoms with Crippen LogP contribution in [0.2, 0.25) is 0 Å². The first-order valence-electron chi connectivity index (χ1n) is 6.62. The van der Waals surface area contributed by atoms with Crippen molar-refractivity contribution >= 4 is 38.6 Å². The van der Waals surface area contributed by atoms with Crippen molar-refractivity contribution in [2.75, 3.05) is 0 Å². The summed E-state index contributed by atoms with van der Waals surface area (Å²) in [6, 6.07) is 17.9. The Bertz CT molecular complexity index is 857. The number of fused-ring (bicyclic) bond motifs is 1. The molecule has 0 radical (unpaired) electrons. The van der Waals surface area contributed by atoms with E-state index in [1.165, 1.54) is 4.90 Å². The van der Waals surface area contributed by atoms with Gasteiger partial charge in [0.1, 0.15) is 0 Å². The average Bonchev–Trinajstić information content (AvgIpc) is 2.51. The predicted octanol–water partition coefficient (Wildman–Crippen LogP) is 4.59. The lowest BCUT2D eigenvalue weighted by Gasteiger charge is -2.10. The molecular formula is C17H14BrNOS. The van der Waals surface area contributed by atoms with Gasteiger partial charge < -0.3 is 4.57 Å². The van der Waals surface area contributed by atoms with E-state index in [1.54, 1.807) is 22.4 Å². The Kier molecular flexibility index (Phi) is 4.17. The van der Waals surface area contributed by atoms with Crippen molar-refractivity contribution in [3.05, 3.63) is 75.0 Å². The molecule has 0 bridgehead atoms. The monoisotopic (exact) mass is 359 g/mol. The molecule has 1 heterocycles. The minimum absolute atomic E-state index is 0.0384. The second kappa shape index (κ2) is 6.08. The Balaban J connectivity index is 2.00. The van der Waals surface area contributed by atoms with Crippen molar-refractivity contribution in [1.29, 1.82) is 0 Å². The number of nitrogens with zero attached hydrogens (tertiary/aromatic N) is 1. The molecule has 4 heteroatoms. The molecule has 0 saturated heterocycles. The van der Waals surface area contributed by atoms with E-state index in [-0.39, 0.29) is 5.56 Å². The van der Waals surface area contributed by atoms with Crippen LogP contribution in [-0.4, -0.2) is 4.57 Å². The van der Waals surface area contributed by atoms with Crippen molar-refractivity contribution in [3.8, 4) is 0 Å². The van der Waals surface area contributed by atoms with Crippen LogP contribution in [0.3, 0.4) is 0 Å². The highest BCUT2D eigenvalue weighted by molar-refractivity contribution is 9.10. The van der Waals surface area contributed by atoms with Crippen LogP contribution in [-0.2, 0) is 12.8 Å². The maximum absolute atomic E-state index is 12.1. The Labute approximate surface area is 135 Å². The van der Waals surface area contributed by atoms with Gasteiger partial charge in [0.2, 0.25) is 0 Å². The van der Waals surface area contributed by atoms with Gasteiger partial charge in [-0.1, -0.05) is 30.3 Å². The molecule has 0 aliphatic heterocycles. The molecule has 0 amide bonds. The van der Waals surface area contributed by atoms with Crippen LogP contribution in [0.25, 0.3) is 10.9 Å². The van der Waals surface area contributed by atoms with Gasteiger partial charge in [0.05, 0.1) is 5.52 Å². The quantitative estimate of drug-likeness (QED) is 0.637. The number of rotatable bonds is 3. The van der Waals surface area contributed by atoms with Gasteiger partial charge in [-0.15, -0.1) is 11.8 Å². The first-order valence-corrected chi connectivity index (χ1v) is 8.39. The highest BCUT2D eigenvalue weighted by atomic mass is 79.9. The summed E-state index contributed by atoms with van der Waals surface area (Å²) in [5.74, 6) is 0.777. The van der Waals surface area contributed by atoms with Crippen molar-refractivity contribution < 1.29 is 0 Å². The first kappa shape index (κ1) is 14.4. The van der Waals surface area contributed by atoms with Crippen molar-refractivity contribution in [2.24, 2.45) is 7.05 Å². The smallest absolute Gasteiger partial charge is 0.251 e. The minimum atomic E-state index is 0.0384. The van der Waals surface area contributed by atoms with Crippen LogP contribution >= 0.6 is 27.7 Å². The van der Waals surface area contributed by atoms with E-state index in [0.29, 0.717) is 0 Å². The van der Waals surface area contributed by atoms with Gasteiger partial charge in [0.15, 0.2) is 0 Å². The summed E-state index contributed by atoms with van der Waals surface area (Å²) in [7, 11) is 1.81. The van der Waals surface area contributed by atoms with Crippen molar-refractivity contribution in [2.45, 2.75) is 10.6 Å².